The largest absolute Gasteiger partial charge is 0.356 e. The highest BCUT2D eigenvalue weighted by atomic mass is 15.2. The van der Waals surface area contributed by atoms with Gasteiger partial charge in [0.15, 0.2) is 5.96 Å². The molecular weight excluding hydrogens is 298 g/mol. The minimum Gasteiger partial charge on any atom is -0.356 e. The van der Waals surface area contributed by atoms with Gasteiger partial charge in [0.25, 0.3) is 0 Å². The number of rotatable bonds is 5. The van der Waals surface area contributed by atoms with Crippen LogP contribution in [0.25, 0.3) is 10.8 Å². The Balaban J connectivity index is 1.56. The molecule has 122 valence electrons. The molecule has 0 aliphatic heterocycles. The average molecular weight is 319 g/mol. The number of aliphatic imine (C=N–C) groups is 1. The number of nitrogens with zero attached hydrogens (tertiary/aromatic N) is 3. The molecule has 0 saturated carbocycles. The van der Waals surface area contributed by atoms with Crippen molar-refractivity contribution in [1.82, 2.24) is 20.6 Å². The molecule has 2 N–H and O–H groups in total. The zero-order valence-electron chi connectivity index (χ0n) is 13.7. The number of hydrogen-bond acceptors (Lipinski definition) is 3. The summed E-state index contributed by atoms with van der Waals surface area (Å²) in [6, 6.07) is 16.2. The molecule has 0 radical (unpaired) electrons. The first-order valence-corrected chi connectivity index (χ1v) is 8.04. The van der Waals surface area contributed by atoms with Gasteiger partial charge in [-0.15, -0.1) is 0 Å². The summed E-state index contributed by atoms with van der Waals surface area (Å²) in [6.07, 6.45) is 4.51. The average Bonchev–Trinajstić information content (AvgIpc) is 2.65. The summed E-state index contributed by atoms with van der Waals surface area (Å²) in [5, 5.41) is 8.99. The lowest BCUT2D eigenvalue weighted by Crippen LogP contribution is -2.38. The van der Waals surface area contributed by atoms with Crippen LogP contribution < -0.4 is 10.6 Å². The molecule has 0 amide bonds. The Hall–Kier alpha value is -2.95. The second kappa shape index (κ2) is 8.06. The van der Waals surface area contributed by atoms with Crippen LogP contribution in [0.4, 0.5) is 0 Å². The van der Waals surface area contributed by atoms with Gasteiger partial charge in [-0.2, -0.15) is 0 Å². The van der Waals surface area contributed by atoms with Crippen LogP contribution >= 0.6 is 0 Å². The van der Waals surface area contributed by atoms with Crippen molar-refractivity contribution in [2.45, 2.75) is 13.0 Å². The monoisotopic (exact) mass is 319 g/mol. The summed E-state index contributed by atoms with van der Waals surface area (Å²) in [6.45, 7) is 1.41. The zero-order chi connectivity index (χ0) is 16.6. The van der Waals surface area contributed by atoms with E-state index in [1.54, 1.807) is 7.05 Å². The van der Waals surface area contributed by atoms with Crippen molar-refractivity contribution >= 4 is 16.7 Å². The van der Waals surface area contributed by atoms with Gasteiger partial charge in [-0.1, -0.05) is 30.3 Å². The molecule has 0 aliphatic carbocycles. The van der Waals surface area contributed by atoms with Crippen LogP contribution in [0.2, 0.25) is 0 Å². The van der Waals surface area contributed by atoms with E-state index in [4.69, 9.17) is 0 Å². The molecule has 0 spiro atoms. The van der Waals surface area contributed by atoms with Crippen LogP contribution in [0.5, 0.6) is 0 Å². The molecule has 3 rings (SSSR count). The number of pyridine rings is 2. The second-order valence-corrected chi connectivity index (χ2v) is 5.40. The van der Waals surface area contributed by atoms with Crippen molar-refractivity contribution in [3.63, 3.8) is 0 Å². The highest BCUT2D eigenvalue weighted by Crippen LogP contribution is 2.15. The number of nitrogens with one attached hydrogen (secondary N) is 2. The van der Waals surface area contributed by atoms with E-state index in [-0.39, 0.29) is 0 Å². The molecule has 0 saturated heterocycles. The molecule has 0 fully saturated rings. The molecule has 1 aromatic carbocycles. The van der Waals surface area contributed by atoms with Gasteiger partial charge in [-0.3, -0.25) is 15.0 Å². The number of guanidine groups is 1. The molecule has 2 heterocycles. The van der Waals surface area contributed by atoms with E-state index in [1.165, 1.54) is 5.39 Å². The molecule has 0 bridgehead atoms. The van der Waals surface area contributed by atoms with Crippen LogP contribution in [0.15, 0.2) is 65.9 Å². The van der Waals surface area contributed by atoms with Gasteiger partial charge in [0.05, 0.1) is 12.2 Å². The Bertz CT molecular complexity index is 809. The van der Waals surface area contributed by atoms with Crippen molar-refractivity contribution in [3.05, 3.63) is 72.3 Å². The van der Waals surface area contributed by atoms with E-state index in [0.29, 0.717) is 6.54 Å². The SMILES string of the molecule is CN=C(NCCc1ccccn1)NCc1nccc2ccccc12. The predicted molar refractivity (Wildman–Crippen MR) is 97.9 cm³/mol. The number of fused-ring (bicyclic) bond motifs is 1. The highest BCUT2D eigenvalue weighted by Gasteiger charge is 2.03. The summed E-state index contributed by atoms with van der Waals surface area (Å²) in [5.74, 6) is 0.765. The molecule has 3 aromatic rings. The summed E-state index contributed by atoms with van der Waals surface area (Å²) < 4.78 is 0. The van der Waals surface area contributed by atoms with Gasteiger partial charge in [0.2, 0.25) is 0 Å². The van der Waals surface area contributed by atoms with Crippen molar-refractivity contribution in [2.24, 2.45) is 4.99 Å². The Kier molecular flexibility index (Phi) is 5.35. The Labute approximate surface area is 141 Å². The summed E-state index contributed by atoms with van der Waals surface area (Å²) in [4.78, 5) is 13.1. The van der Waals surface area contributed by atoms with Gasteiger partial charge < -0.3 is 10.6 Å². The molecular formula is C19H21N5. The summed E-state index contributed by atoms with van der Waals surface area (Å²) in [5.41, 5.74) is 2.08. The third kappa shape index (κ3) is 4.07. The molecule has 5 nitrogen and oxygen atoms in total. The topological polar surface area (TPSA) is 62.2 Å². The zero-order valence-corrected chi connectivity index (χ0v) is 13.7. The van der Waals surface area contributed by atoms with Gasteiger partial charge >= 0.3 is 0 Å². The third-order valence-corrected chi connectivity index (χ3v) is 3.80. The van der Waals surface area contributed by atoms with Gasteiger partial charge in [0, 0.05) is 43.5 Å². The van der Waals surface area contributed by atoms with E-state index in [0.717, 1.165) is 35.7 Å². The molecule has 2 aromatic heterocycles. The Morgan fingerprint density at radius 1 is 0.958 bits per heavy atom. The fourth-order valence-electron chi connectivity index (χ4n) is 2.57. The van der Waals surface area contributed by atoms with Crippen molar-refractivity contribution < 1.29 is 0 Å². The molecule has 5 heteroatoms. The van der Waals surface area contributed by atoms with Gasteiger partial charge in [-0.25, -0.2) is 0 Å². The Morgan fingerprint density at radius 2 is 1.83 bits per heavy atom. The maximum Gasteiger partial charge on any atom is 0.191 e. The standard InChI is InChI=1S/C19H21N5/c1-20-19(23-13-10-16-7-4-5-11-21-16)24-14-18-17-8-3-2-6-15(17)9-12-22-18/h2-9,11-12H,10,13-14H2,1H3,(H2,20,23,24). The van der Waals surface area contributed by atoms with Crippen LogP contribution in [0.1, 0.15) is 11.4 Å². The summed E-state index contributed by atoms with van der Waals surface area (Å²) in [7, 11) is 1.77. The Morgan fingerprint density at radius 3 is 2.67 bits per heavy atom. The lowest BCUT2D eigenvalue weighted by molar-refractivity contribution is 0.778. The first kappa shape index (κ1) is 15.9. The molecule has 0 unspecified atom stereocenters. The van der Waals surface area contributed by atoms with Gasteiger partial charge in [-0.05, 0) is 23.6 Å². The highest BCUT2D eigenvalue weighted by molar-refractivity contribution is 5.85. The van der Waals surface area contributed by atoms with Crippen LogP contribution in [-0.4, -0.2) is 29.5 Å². The number of benzene rings is 1. The van der Waals surface area contributed by atoms with E-state index in [1.807, 2.05) is 48.8 Å². The molecule has 0 aliphatic rings. The second-order valence-electron chi connectivity index (χ2n) is 5.40. The van der Waals surface area contributed by atoms with Crippen LogP contribution in [0, 0.1) is 0 Å². The first-order valence-electron chi connectivity index (χ1n) is 8.04. The number of hydrogen-bond donors (Lipinski definition) is 2. The van der Waals surface area contributed by atoms with Crippen molar-refractivity contribution in [2.75, 3.05) is 13.6 Å². The fraction of sp³-hybridized carbons (Fsp3) is 0.211. The normalized spacial score (nSPS) is 11.5. The van der Waals surface area contributed by atoms with Crippen molar-refractivity contribution in [1.29, 1.82) is 0 Å². The maximum absolute atomic E-state index is 4.49. The smallest absolute Gasteiger partial charge is 0.191 e. The summed E-state index contributed by atoms with van der Waals surface area (Å²) >= 11 is 0. The van der Waals surface area contributed by atoms with E-state index in [2.05, 4.69) is 37.7 Å². The van der Waals surface area contributed by atoms with Crippen molar-refractivity contribution in [3.8, 4) is 0 Å². The van der Waals surface area contributed by atoms with Crippen LogP contribution in [0.3, 0.4) is 0 Å². The van der Waals surface area contributed by atoms with Gasteiger partial charge in [0.1, 0.15) is 0 Å². The minimum absolute atomic E-state index is 0.630. The predicted octanol–water partition coefficient (Wildman–Crippen LogP) is 2.54. The van der Waals surface area contributed by atoms with Crippen LogP contribution in [-0.2, 0) is 13.0 Å². The third-order valence-electron chi connectivity index (χ3n) is 3.80. The van der Waals surface area contributed by atoms with E-state index in [9.17, 15) is 0 Å². The van der Waals surface area contributed by atoms with E-state index < -0.39 is 0 Å². The molecule has 24 heavy (non-hydrogen) atoms. The lowest BCUT2D eigenvalue weighted by Gasteiger charge is -2.12. The fourth-order valence-corrected chi connectivity index (χ4v) is 2.57. The minimum atomic E-state index is 0.630. The molecule has 0 atom stereocenters. The number of aromatic nitrogens is 2. The lowest BCUT2D eigenvalue weighted by atomic mass is 10.1. The first-order chi connectivity index (χ1) is 11.9. The maximum atomic E-state index is 4.49. The quantitative estimate of drug-likeness (QED) is 0.560. The van der Waals surface area contributed by atoms with E-state index >= 15 is 0 Å².